The lowest BCUT2D eigenvalue weighted by Gasteiger charge is -2.44. The van der Waals surface area contributed by atoms with Crippen LogP contribution in [0.4, 0.5) is 0 Å². The van der Waals surface area contributed by atoms with E-state index in [1.807, 2.05) is 0 Å². The smallest absolute Gasteiger partial charge is 0.0225 e. The first-order valence-corrected chi connectivity index (χ1v) is 6.99. The molecule has 0 nitrogen and oxygen atoms in total. The first-order chi connectivity index (χ1) is 8.87. The first-order valence-electron chi connectivity index (χ1n) is 6.99. The van der Waals surface area contributed by atoms with Crippen LogP contribution in [0.2, 0.25) is 0 Å². The van der Waals surface area contributed by atoms with Gasteiger partial charge in [0, 0.05) is 5.41 Å². The Labute approximate surface area is 117 Å². The Morgan fingerprint density at radius 3 is 1.74 bits per heavy atom. The Morgan fingerprint density at radius 2 is 1.21 bits per heavy atom. The van der Waals surface area contributed by atoms with Gasteiger partial charge in [-0.25, -0.2) is 0 Å². The highest BCUT2D eigenvalue weighted by molar-refractivity contribution is 5.44. The minimum atomic E-state index is 0.0135. The third kappa shape index (κ3) is 2.32. The van der Waals surface area contributed by atoms with Crippen molar-refractivity contribution in [3.8, 4) is 0 Å². The zero-order chi connectivity index (χ0) is 14.1. The SMILES string of the molecule is Cc1ccccc1C(C)(c1ccccc1)C(C)(C)C. The number of rotatable bonds is 2. The largest absolute Gasteiger partial charge is 0.0622 e. The Hall–Kier alpha value is -1.56. The molecule has 0 aliphatic rings. The van der Waals surface area contributed by atoms with Gasteiger partial charge in [-0.15, -0.1) is 0 Å². The van der Waals surface area contributed by atoms with E-state index >= 15 is 0 Å². The predicted octanol–water partition coefficient (Wildman–Crippen LogP) is 5.35. The Bertz CT molecular complexity index is 546. The standard InChI is InChI=1S/C19H24/c1-15-11-9-10-14-17(15)19(5,18(2,3)4)16-12-7-6-8-13-16/h6-14H,1-5H3. The van der Waals surface area contributed by atoms with Crippen LogP contribution in [0.15, 0.2) is 54.6 Å². The van der Waals surface area contributed by atoms with Crippen LogP contribution in [0.1, 0.15) is 44.4 Å². The van der Waals surface area contributed by atoms with Crippen LogP contribution in [0.3, 0.4) is 0 Å². The van der Waals surface area contributed by atoms with Crippen molar-refractivity contribution in [3.05, 3.63) is 71.3 Å². The fraction of sp³-hybridized carbons (Fsp3) is 0.368. The van der Waals surface area contributed by atoms with Gasteiger partial charge in [0.25, 0.3) is 0 Å². The van der Waals surface area contributed by atoms with Crippen molar-refractivity contribution in [3.63, 3.8) is 0 Å². The van der Waals surface area contributed by atoms with Gasteiger partial charge in [-0.2, -0.15) is 0 Å². The molecule has 0 aromatic heterocycles. The highest BCUT2D eigenvalue weighted by atomic mass is 14.4. The van der Waals surface area contributed by atoms with Crippen molar-refractivity contribution < 1.29 is 0 Å². The van der Waals surface area contributed by atoms with Crippen LogP contribution in [-0.2, 0) is 5.41 Å². The van der Waals surface area contributed by atoms with Gasteiger partial charge in [0.1, 0.15) is 0 Å². The second-order valence-electron chi connectivity index (χ2n) is 6.56. The predicted molar refractivity (Wildman–Crippen MR) is 83.5 cm³/mol. The average Bonchev–Trinajstić information content (AvgIpc) is 2.38. The Kier molecular flexibility index (Phi) is 3.54. The van der Waals surface area contributed by atoms with E-state index in [4.69, 9.17) is 0 Å². The summed E-state index contributed by atoms with van der Waals surface area (Å²) in [4.78, 5) is 0. The lowest BCUT2D eigenvalue weighted by Crippen LogP contribution is -2.38. The molecule has 100 valence electrons. The van der Waals surface area contributed by atoms with Crippen molar-refractivity contribution in [1.82, 2.24) is 0 Å². The van der Waals surface area contributed by atoms with E-state index in [9.17, 15) is 0 Å². The van der Waals surface area contributed by atoms with E-state index in [1.54, 1.807) is 0 Å². The molecule has 0 radical (unpaired) electrons. The summed E-state index contributed by atoms with van der Waals surface area (Å²) in [6.07, 6.45) is 0. The summed E-state index contributed by atoms with van der Waals surface area (Å²) in [5.74, 6) is 0. The molecule has 19 heavy (non-hydrogen) atoms. The third-order valence-electron chi connectivity index (χ3n) is 4.53. The van der Waals surface area contributed by atoms with Crippen LogP contribution >= 0.6 is 0 Å². The summed E-state index contributed by atoms with van der Waals surface area (Å²) in [5.41, 5.74) is 4.34. The van der Waals surface area contributed by atoms with Gasteiger partial charge in [0.15, 0.2) is 0 Å². The average molecular weight is 252 g/mol. The molecule has 0 saturated carbocycles. The maximum Gasteiger partial charge on any atom is 0.0225 e. The number of hydrogen-bond acceptors (Lipinski definition) is 0. The van der Waals surface area contributed by atoms with E-state index in [1.165, 1.54) is 16.7 Å². The fourth-order valence-electron chi connectivity index (χ4n) is 2.90. The second kappa shape index (κ2) is 4.85. The molecule has 0 aliphatic heterocycles. The van der Waals surface area contributed by atoms with E-state index in [2.05, 4.69) is 89.2 Å². The molecular formula is C19H24. The van der Waals surface area contributed by atoms with Gasteiger partial charge in [0.05, 0.1) is 0 Å². The fourth-order valence-corrected chi connectivity index (χ4v) is 2.90. The van der Waals surface area contributed by atoms with Crippen molar-refractivity contribution in [2.24, 2.45) is 5.41 Å². The minimum Gasteiger partial charge on any atom is -0.0622 e. The highest BCUT2D eigenvalue weighted by Gasteiger charge is 2.41. The molecule has 0 heterocycles. The normalized spacial score (nSPS) is 15.0. The van der Waals surface area contributed by atoms with E-state index < -0.39 is 0 Å². The van der Waals surface area contributed by atoms with E-state index in [-0.39, 0.29) is 10.8 Å². The van der Waals surface area contributed by atoms with Gasteiger partial charge in [0.2, 0.25) is 0 Å². The summed E-state index contributed by atoms with van der Waals surface area (Å²) in [6, 6.07) is 19.6. The van der Waals surface area contributed by atoms with E-state index in [0.717, 1.165) is 0 Å². The molecule has 0 amide bonds. The van der Waals surface area contributed by atoms with Crippen molar-refractivity contribution in [2.45, 2.75) is 40.0 Å². The minimum absolute atomic E-state index is 0.0135. The monoisotopic (exact) mass is 252 g/mol. The van der Waals surface area contributed by atoms with E-state index in [0.29, 0.717) is 0 Å². The number of aryl methyl sites for hydroxylation is 1. The molecule has 0 spiro atoms. The molecular weight excluding hydrogens is 228 g/mol. The van der Waals surface area contributed by atoms with Crippen LogP contribution in [0, 0.1) is 12.3 Å². The summed E-state index contributed by atoms with van der Waals surface area (Å²) in [6.45, 7) is 11.6. The number of benzene rings is 2. The maximum absolute atomic E-state index is 2.37. The Morgan fingerprint density at radius 1 is 0.684 bits per heavy atom. The van der Waals surface area contributed by atoms with Gasteiger partial charge < -0.3 is 0 Å². The molecule has 0 bridgehead atoms. The van der Waals surface area contributed by atoms with Gasteiger partial charge in [-0.3, -0.25) is 0 Å². The molecule has 1 atom stereocenters. The molecule has 0 saturated heterocycles. The van der Waals surface area contributed by atoms with Crippen LogP contribution in [-0.4, -0.2) is 0 Å². The molecule has 2 rings (SSSR count). The van der Waals surface area contributed by atoms with Crippen LogP contribution in [0.25, 0.3) is 0 Å². The lowest BCUT2D eigenvalue weighted by atomic mass is 9.59. The summed E-state index contributed by atoms with van der Waals surface area (Å²) in [7, 11) is 0. The zero-order valence-electron chi connectivity index (χ0n) is 12.7. The quantitative estimate of drug-likeness (QED) is 0.676. The lowest BCUT2D eigenvalue weighted by molar-refractivity contribution is 0.248. The summed E-state index contributed by atoms with van der Waals surface area (Å²) >= 11 is 0. The third-order valence-corrected chi connectivity index (χ3v) is 4.53. The van der Waals surface area contributed by atoms with Gasteiger partial charge in [-0.05, 0) is 29.0 Å². The van der Waals surface area contributed by atoms with Gasteiger partial charge >= 0.3 is 0 Å². The zero-order valence-corrected chi connectivity index (χ0v) is 12.7. The second-order valence-corrected chi connectivity index (χ2v) is 6.56. The molecule has 2 aromatic rings. The summed E-state index contributed by atoms with van der Waals surface area (Å²) in [5, 5.41) is 0. The van der Waals surface area contributed by atoms with Crippen molar-refractivity contribution >= 4 is 0 Å². The molecule has 0 N–H and O–H groups in total. The van der Waals surface area contributed by atoms with Crippen LogP contribution < -0.4 is 0 Å². The Balaban J connectivity index is 2.71. The van der Waals surface area contributed by atoms with Crippen molar-refractivity contribution in [2.75, 3.05) is 0 Å². The topological polar surface area (TPSA) is 0 Å². The molecule has 0 heteroatoms. The molecule has 0 aliphatic carbocycles. The van der Waals surface area contributed by atoms with Crippen molar-refractivity contribution in [1.29, 1.82) is 0 Å². The maximum atomic E-state index is 2.37. The molecule has 0 fully saturated rings. The molecule has 2 aromatic carbocycles. The van der Waals surface area contributed by atoms with Gasteiger partial charge in [-0.1, -0.05) is 82.3 Å². The van der Waals surface area contributed by atoms with Crippen LogP contribution in [0.5, 0.6) is 0 Å². The summed E-state index contributed by atoms with van der Waals surface area (Å²) < 4.78 is 0. The number of hydrogen-bond donors (Lipinski definition) is 0. The molecule has 1 unspecified atom stereocenters. The first kappa shape index (κ1) is 13.9. The highest BCUT2D eigenvalue weighted by Crippen LogP contribution is 2.47.